The summed E-state index contributed by atoms with van der Waals surface area (Å²) in [6.07, 6.45) is 0. The molecule has 20 aromatic rings. The van der Waals surface area contributed by atoms with E-state index in [0.717, 1.165) is 0 Å². The summed E-state index contributed by atoms with van der Waals surface area (Å²) in [6, 6.07) is 186. The highest BCUT2D eigenvalue weighted by Crippen LogP contribution is 2.63. The summed E-state index contributed by atoms with van der Waals surface area (Å²) in [5, 5.41) is 0. The van der Waals surface area contributed by atoms with Crippen molar-refractivity contribution in [3.8, 4) is 89.0 Å². The van der Waals surface area contributed by atoms with E-state index in [-0.39, 0.29) is 21.7 Å². The smallest absolute Gasteiger partial charge is 0.0622 e. The molecule has 0 saturated heterocycles. The number of fused-ring (bicyclic) bond motifs is 12. The fourth-order valence-electron chi connectivity index (χ4n) is 22.1. The van der Waals surface area contributed by atoms with Crippen LogP contribution in [0.3, 0.4) is 0 Å². The molecule has 0 aromatic heterocycles. The van der Waals surface area contributed by atoms with Crippen molar-refractivity contribution in [2.24, 2.45) is 0 Å². The van der Waals surface area contributed by atoms with E-state index in [0.29, 0.717) is 0 Å². The van der Waals surface area contributed by atoms with E-state index in [1.807, 2.05) is 0 Å². The highest BCUT2D eigenvalue weighted by molar-refractivity contribution is 5.99. The van der Waals surface area contributed by atoms with E-state index in [1.54, 1.807) is 0 Å². The maximum Gasteiger partial charge on any atom is 0.0713 e. The predicted octanol–water partition coefficient (Wildman–Crippen LogP) is 32.1. The zero-order valence-corrected chi connectivity index (χ0v) is 72.5. The molecule has 0 heteroatoms. The summed E-state index contributed by atoms with van der Waals surface area (Å²) in [6.45, 7) is 8.70. The molecule has 0 saturated carbocycles. The molecule has 4 aliphatic carbocycles. The van der Waals surface area contributed by atoms with Crippen LogP contribution in [0.5, 0.6) is 0 Å². The molecule has 0 atom stereocenters. The van der Waals surface area contributed by atoms with Crippen LogP contribution in [0.25, 0.3) is 89.0 Å². The monoisotopic (exact) mass is 1630 g/mol. The Hall–Kier alpha value is -15.6. The van der Waals surface area contributed by atoms with Gasteiger partial charge in [0, 0.05) is 0 Å². The summed E-state index contributed by atoms with van der Waals surface area (Å²) in [5.41, 5.74) is 46.1. The Kier molecular flexibility index (Phi) is 21.0. The third-order valence-electron chi connectivity index (χ3n) is 27.5. The van der Waals surface area contributed by atoms with Gasteiger partial charge in [-0.05, 0) is 223 Å². The van der Waals surface area contributed by atoms with E-state index in [9.17, 15) is 0 Å². The third-order valence-corrected chi connectivity index (χ3v) is 27.5. The van der Waals surface area contributed by atoms with Gasteiger partial charge in [0.05, 0.1) is 21.7 Å². The van der Waals surface area contributed by atoms with Gasteiger partial charge in [0.15, 0.2) is 0 Å². The van der Waals surface area contributed by atoms with Gasteiger partial charge in [0.1, 0.15) is 0 Å². The Bertz CT molecular complexity index is 7260. The highest BCUT2D eigenvalue weighted by atomic mass is 14.5. The van der Waals surface area contributed by atoms with Crippen LogP contribution in [0.15, 0.2) is 510 Å². The van der Waals surface area contributed by atoms with Gasteiger partial charge in [-0.15, -0.1) is 0 Å². The fourth-order valence-corrected chi connectivity index (χ4v) is 22.1. The minimum absolute atomic E-state index is 0.321. The molecular formula is C128H96. The van der Waals surface area contributed by atoms with Gasteiger partial charge in [-0.3, -0.25) is 0 Å². The second-order valence-corrected chi connectivity index (χ2v) is 34.4. The van der Waals surface area contributed by atoms with Crippen molar-refractivity contribution >= 4 is 0 Å². The number of hydrogen-bond donors (Lipinski definition) is 0. The summed E-state index contributed by atoms with van der Waals surface area (Å²) >= 11 is 0. The van der Waals surface area contributed by atoms with Crippen LogP contribution < -0.4 is 0 Å². The molecule has 0 spiro atoms. The van der Waals surface area contributed by atoms with Gasteiger partial charge in [-0.25, -0.2) is 0 Å². The molecule has 20 aromatic carbocycles. The van der Waals surface area contributed by atoms with Crippen LogP contribution in [-0.2, 0) is 21.7 Å². The first-order valence-electron chi connectivity index (χ1n) is 44.9. The molecule has 0 unspecified atom stereocenters. The number of aryl methyl sites for hydroxylation is 4. The van der Waals surface area contributed by atoms with Crippen molar-refractivity contribution in [1.82, 2.24) is 0 Å². The molecule has 0 bridgehead atoms. The first-order valence-corrected chi connectivity index (χ1v) is 44.9. The summed E-state index contributed by atoms with van der Waals surface area (Å²) in [5.74, 6) is 0. The molecule has 24 rings (SSSR count). The van der Waals surface area contributed by atoms with E-state index in [4.69, 9.17) is 0 Å². The molecule has 0 aliphatic heterocycles. The van der Waals surface area contributed by atoms with Crippen LogP contribution in [0.1, 0.15) is 111 Å². The minimum Gasteiger partial charge on any atom is -0.0622 e. The molecule has 608 valence electrons. The van der Waals surface area contributed by atoms with E-state index in [2.05, 4.69) is 537 Å². The zero-order valence-electron chi connectivity index (χ0n) is 72.5. The molecular weight excluding hydrogens is 1540 g/mol. The second kappa shape index (κ2) is 33.8. The van der Waals surface area contributed by atoms with Crippen molar-refractivity contribution in [2.75, 3.05) is 0 Å². The van der Waals surface area contributed by atoms with Gasteiger partial charge in [-0.2, -0.15) is 0 Å². The molecule has 0 N–H and O–H groups in total. The predicted molar refractivity (Wildman–Crippen MR) is 536 cm³/mol. The fraction of sp³-hybridized carbons (Fsp3) is 0.0625. The molecule has 4 aliphatic rings. The lowest BCUT2D eigenvalue weighted by Crippen LogP contribution is -2.28. The lowest BCUT2D eigenvalue weighted by atomic mass is 9.67. The first kappa shape index (κ1) is 79.6. The van der Waals surface area contributed by atoms with E-state index < -0.39 is 0 Å². The van der Waals surface area contributed by atoms with E-state index >= 15 is 0 Å². The topological polar surface area (TPSA) is 0 Å². The maximum atomic E-state index is 2.39. The van der Waals surface area contributed by atoms with Crippen LogP contribution in [0.4, 0.5) is 0 Å². The highest BCUT2D eigenvalue weighted by Gasteiger charge is 2.51. The SMILES string of the molecule is Cc1ccc(-c2cccc3c2-c2ccccc2C3(c2ccccc2)c2ccccc2)cc1.Cc1cccc(-c2cccc3c2-c2ccccc2C3(c2ccccc2)c2ccccc2)c1.Cc1ccccc1-c1ccc2c(c1)-c1ccccc1C2(c1ccccc1)c1ccccc1.Cc1ccccc1-c1cccc2c1-c1ccccc1C2(c1ccccc1)c1ccccc1. The average molecular weight is 1630 g/mol. The summed E-state index contributed by atoms with van der Waals surface area (Å²) in [4.78, 5) is 0. The zero-order chi connectivity index (χ0) is 86.2. The quantitative estimate of drug-likeness (QED) is 0.114. The molecule has 0 fully saturated rings. The van der Waals surface area contributed by atoms with Gasteiger partial charge in [0.25, 0.3) is 0 Å². The summed E-state index contributed by atoms with van der Waals surface area (Å²) < 4.78 is 0. The average Bonchev–Trinajstić information content (AvgIpc) is 1.52. The van der Waals surface area contributed by atoms with Crippen molar-refractivity contribution in [2.45, 2.75) is 49.4 Å². The third kappa shape index (κ3) is 13.1. The Morgan fingerprint density at radius 1 is 0.125 bits per heavy atom. The lowest BCUT2D eigenvalue weighted by Gasteiger charge is -2.34. The first-order chi connectivity index (χ1) is 63.2. The number of benzene rings is 20. The number of rotatable bonds is 12. The molecule has 128 heavy (non-hydrogen) atoms. The van der Waals surface area contributed by atoms with Gasteiger partial charge < -0.3 is 0 Å². The van der Waals surface area contributed by atoms with Gasteiger partial charge >= 0.3 is 0 Å². The van der Waals surface area contributed by atoms with E-state index in [1.165, 1.54) is 200 Å². The molecule has 0 nitrogen and oxygen atoms in total. The Labute approximate surface area is 753 Å². The van der Waals surface area contributed by atoms with Crippen molar-refractivity contribution in [3.63, 3.8) is 0 Å². The molecule has 0 amide bonds. The van der Waals surface area contributed by atoms with Crippen molar-refractivity contribution < 1.29 is 0 Å². The second-order valence-electron chi connectivity index (χ2n) is 34.4. The summed E-state index contributed by atoms with van der Waals surface area (Å²) in [7, 11) is 0. The van der Waals surface area contributed by atoms with Crippen molar-refractivity contribution in [3.05, 3.63) is 621 Å². The van der Waals surface area contributed by atoms with Crippen LogP contribution >= 0.6 is 0 Å². The van der Waals surface area contributed by atoms with Crippen LogP contribution in [0, 0.1) is 27.7 Å². The molecule has 0 heterocycles. The number of hydrogen-bond acceptors (Lipinski definition) is 0. The lowest BCUT2D eigenvalue weighted by molar-refractivity contribution is 0.768. The maximum absolute atomic E-state index is 2.39. The van der Waals surface area contributed by atoms with Crippen LogP contribution in [0.2, 0.25) is 0 Å². The minimum atomic E-state index is -0.340. The Morgan fingerprint density at radius 3 is 0.727 bits per heavy atom. The largest absolute Gasteiger partial charge is 0.0713 e. The van der Waals surface area contributed by atoms with Gasteiger partial charge in [0.2, 0.25) is 0 Å². The standard InChI is InChI=1S/4C32H24/c1-23-12-10-13-24(22-23)27-19-11-21-30-31(27)28-18-8-9-20-29(28)32(30,25-14-4-2-5-15-25)26-16-6-3-7-17-26;1-23-13-8-9-18-26(23)27-20-12-22-30-31(27)28-19-10-11-21-29(28)32(30,24-14-4-2-5-15-24)25-16-6-3-7-17-25;1-23-12-8-9-17-27(23)24-20-21-31-29(22-24)28-18-10-11-19-30(28)32(31,25-13-4-2-5-14-25)26-15-6-3-7-16-26;1-23-19-21-24(22-20-23)27-16-10-18-30-31(27)28-15-8-9-17-29(28)32(30,25-11-4-2-5-12-25)26-13-6-3-7-14-26/h4*2-22H,1H3. The normalized spacial score (nSPS) is 13.4. The Morgan fingerprint density at radius 2 is 0.367 bits per heavy atom. The Balaban J connectivity index is 0.000000104. The van der Waals surface area contributed by atoms with Crippen LogP contribution in [-0.4, -0.2) is 0 Å². The van der Waals surface area contributed by atoms with Crippen molar-refractivity contribution in [1.29, 1.82) is 0 Å². The molecule has 0 radical (unpaired) electrons. The van der Waals surface area contributed by atoms with Gasteiger partial charge in [-0.1, -0.05) is 515 Å².